The average Bonchev–Trinajstić information content (AvgIpc) is 3.48. The summed E-state index contributed by atoms with van der Waals surface area (Å²) in [5.74, 6) is -1.45. The van der Waals surface area contributed by atoms with Gasteiger partial charge in [0.15, 0.2) is 11.4 Å². The Hall–Kier alpha value is -4.37. The zero-order valence-electron chi connectivity index (χ0n) is 26.4. The first-order valence-corrected chi connectivity index (χ1v) is 18.8. The Bertz CT molecular complexity index is 2330. The summed E-state index contributed by atoms with van der Waals surface area (Å²) in [4.78, 5) is 64.8. The van der Waals surface area contributed by atoms with E-state index in [9.17, 15) is 28.7 Å². The molecule has 49 heavy (non-hydrogen) atoms. The summed E-state index contributed by atoms with van der Waals surface area (Å²) in [6.45, 7) is 2.37. The molecule has 7 rings (SSSR count). The molecule has 3 unspecified atom stereocenters. The molecule has 0 saturated carbocycles. The maximum absolute atomic E-state index is 14.3. The summed E-state index contributed by atoms with van der Waals surface area (Å²) < 4.78 is 13.8. The quantitative estimate of drug-likeness (QED) is 0.113. The van der Waals surface area contributed by atoms with Gasteiger partial charge in [-0.15, -0.1) is 11.3 Å². The molecule has 1 aliphatic rings. The van der Waals surface area contributed by atoms with Crippen molar-refractivity contribution in [3.05, 3.63) is 130 Å². The predicted molar refractivity (Wildman–Crippen MR) is 195 cm³/mol. The summed E-state index contributed by atoms with van der Waals surface area (Å²) in [5, 5.41) is 8.87. The normalized spacial score (nSPS) is 17.3. The van der Waals surface area contributed by atoms with Crippen molar-refractivity contribution < 1.29 is 28.7 Å². The van der Waals surface area contributed by atoms with Crippen LogP contribution in [0.2, 0.25) is 5.02 Å². The molecule has 248 valence electrons. The van der Waals surface area contributed by atoms with Gasteiger partial charge >= 0.3 is 7.60 Å². The van der Waals surface area contributed by atoms with Crippen LogP contribution in [0, 0.1) is 0 Å². The monoisotopic (exact) mass is 710 g/mol. The molecule has 2 heterocycles. The molecule has 6 aromatic rings. The van der Waals surface area contributed by atoms with Crippen LogP contribution in [0.1, 0.15) is 62.1 Å². The van der Waals surface area contributed by atoms with E-state index in [1.807, 2.05) is 66.4 Å². The first kappa shape index (κ1) is 33.1. The fourth-order valence-corrected chi connectivity index (χ4v) is 9.10. The Morgan fingerprint density at radius 3 is 2.20 bits per heavy atom. The Kier molecular flexibility index (Phi) is 8.90. The number of likely N-dealkylation sites (tertiary alicyclic amines) is 1. The van der Waals surface area contributed by atoms with E-state index in [1.54, 1.807) is 41.8 Å². The molecule has 8 nitrogen and oxygen atoms in total. The highest BCUT2D eigenvalue weighted by molar-refractivity contribution is 7.53. The number of thiophene rings is 1. The molecule has 1 saturated heterocycles. The number of carbonyl (C=O) groups is 3. The molecular weight excluding hydrogens is 679 g/mol. The van der Waals surface area contributed by atoms with E-state index >= 15 is 0 Å². The van der Waals surface area contributed by atoms with Crippen molar-refractivity contribution >= 4 is 79.8 Å². The topological polar surface area (TPSA) is 124 Å². The van der Waals surface area contributed by atoms with E-state index in [4.69, 9.17) is 11.6 Å². The van der Waals surface area contributed by atoms with E-state index in [2.05, 4.69) is 5.32 Å². The highest BCUT2D eigenvalue weighted by Gasteiger charge is 2.41. The molecule has 0 bridgehead atoms. The van der Waals surface area contributed by atoms with E-state index < -0.39 is 24.9 Å². The number of rotatable bonds is 7. The number of hydrogen-bond donors (Lipinski definition) is 3. The van der Waals surface area contributed by atoms with Gasteiger partial charge in [0.05, 0.1) is 5.56 Å². The van der Waals surface area contributed by atoms with Gasteiger partial charge in [0.25, 0.3) is 11.8 Å². The van der Waals surface area contributed by atoms with Crippen LogP contribution in [0.3, 0.4) is 0 Å². The van der Waals surface area contributed by atoms with Crippen molar-refractivity contribution in [2.45, 2.75) is 37.5 Å². The number of amides is 2. The number of nitrogens with one attached hydrogen (secondary N) is 1. The second-order valence-electron chi connectivity index (χ2n) is 12.5. The summed E-state index contributed by atoms with van der Waals surface area (Å²) in [6.07, 6.45) is 0.994. The smallest absolute Gasteiger partial charge is 0.340 e. The van der Waals surface area contributed by atoms with Gasteiger partial charge in [-0.25, -0.2) is 0 Å². The number of nitrogens with zero attached hydrogens (tertiary/aromatic N) is 1. The van der Waals surface area contributed by atoms with Crippen LogP contribution in [0.15, 0.2) is 102 Å². The van der Waals surface area contributed by atoms with Crippen LogP contribution in [-0.2, 0) is 4.57 Å². The minimum absolute atomic E-state index is 0.0297. The molecule has 1 fully saturated rings. The molecular formula is C38H32ClN2O6PS. The molecule has 2 amide bonds. The standard InChI is InChI=1S/C38H32ClN2O6PS/c1-22-16-29(14-15-41(22)38(44)27-11-10-23-6-2-3-7-24(23)17-27)40-37(43)32-19-26-9-5-4-8-25(26)18-31(32)35(42)36(48(45,46)47)33-21-49-34-13-12-28(39)20-30(33)34/h2-13,17-22,29,36H,14-16H2,1H3,(H,40,43)(H2,45,46,47). The van der Waals surface area contributed by atoms with Crippen LogP contribution in [-0.4, -0.2) is 50.9 Å². The molecule has 3 atom stereocenters. The van der Waals surface area contributed by atoms with Crippen LogP contribution in [0.5, 0.6) is 0 Å². The number of carbonyl (C=O) groups excluding carboxylic acids is 3. The summed E-state index contributed by atoms with van der Waals surface area (Å²) in [7, 11) is -5.07. The number of fused-ring (bicyclic) bond motifs is 3. The molecule has 1 aliphatic heterocycles. The van der Waals surface area contributed by atoms with Crippen molar-refractivity contribution in [3.8, 4) is 0 Å². The Balaban J connectivity index is 1.17. The fraction of sp³-hybridized carbons (Fsp3) is 0.184. The van der Waals surface area contributed by atoms with Gasteiger partial charge in [-0.05, 0) is 100 Å². The van der Waals surface area contributed by atoms with Gasteiger partial charge in [-0.1, -0.05) is 66.2 Å². The number of hydrogen-bond acceptors (Lipinski definition) is 5. The van der Waals surface area contributed by atoms with Crippen LogP contribution in [0.25, 0.3) is 31.6 Å². The maximum atomic E-state index is 14.3. The second-order valence-corrected chi connectivity index (χ2v) is 15.6. The summed E-state index contributed by atoms with van der Waals surface area (Å²) in [5.41, 5.74) is -1.12. The second kappa shape index (κ2) is 13.2. The molecule has 3 N–H and O–H groups in total. The van der Waals surface area contributed by atoms with E-state index in [-0.39, 0.29) is 34.7 Å². The van der Waals surface area contributed by atoms with Crippen LogP contribution < -0.4 is 5.32 Å². The number of ketones is 1. The van der Waals surface area contributed by atoms with Crippen molar-refractivity contribution in [2.24, 2.45) is 0 Å². The minimum Gasteiger partial charge on any atom is -0.349 e. The lowest BCUT2D eigenvalue weighted by atomic mass is 9.93. The van der Waals surface area contributed by atoms with Crippen LogP contribution >= 0.6 is 30.5 Å². The van der Waals surface area contributed by atoms with E-state index in [0.717, 1.165) is 15.5 Å². The van der Waals surface area contributed by atoms with Crippen molar-refractivity contribution in [1.82, 2.24) is 10.2 Å². The van der Waals surface area contributed by atoms with Gasteiger partial charge in [-0.2, -0.15) is 0 Å². The highest BCUT2D eigenvalue weighted by Crippen LogP contribution is 2.56. The van der Waals surface area contributed by atoms with Crippen LogP contribution in [0.4, 0.5) is 0 Å². The lowest BCUT2D eigenvalue weighted by Crippen LogP contribution is -2.51. The number of benzene rings is 5. The van der Waals surface area contributed by atoms with Gasteiger partial charge < -0.3 is 20.0 Å². The van der Waals surface area contributed by atoms with Gasteiger partial charge in [-0.3, -0.25) is 18.9 Å². The van der Waals surface area contributed by atoms with E-state index in [1.165, 1.54) is 17.4 Å². The average molecular weight is 711 g/mol. The Morgan fingerprint density at radius 1 is 0.878 bits per heavy atom. The number of halogens is 1. The van der Waals surface area contributed by atoms with Gasteiger partial charge in [0, 0.05) is 39.5 Å². The zero-order chi connectivity index (χ0) is 34.4. The first-order chi connectivity index (χ1) is 23.5. The molecule has 11 heteroatoms. The summed E-state index contributed by atoms with van der Waals surface area (Å²) in [6, 6.07) is 28.4. The Labute approximate surface area is 291 Å². The van der Waals surface area contributed by atoms with E-state index in [0.29, 0.717) is 46.1 Å². The fourth-order valence-electron chi connectivity index (χ4n) is 6.84. The minimum atomic E-state index is -5.07. The third-order valence-corrected chi connectivity index (χ3v) is 11.7. The van der Waals surface area contributed by atoms with Crippen molar-refractivity contribution in [3.63, 3.8) is 0 Å². The van der Waals surface area contributed by atoms with Crippen molar-refractivity contribution in [2.75, 3.05) is 6.54 Å². The SMILES string of the molecule is CC1CC(NC(=O)c2cc3ccccc3cc2C(=O)C(c2csc3ccc(Cl)cc23)P(=O)(O)O)CCN1C(=O)c1ccc2ccccc2c1. The molecule has 5 aromatic carbocycles. The lowest BCUT2D eigenvalue weighted by Gasteiger charge is -2.38. The third-order valence-electron chi connectivity index (χ3n) is 9.31. The van der Waals surface area contributed by atoms with Crippen molar-refractivity contribution in [1.29, 1.82) is 0 Å². The molecule has 1 aromatic heterocycles. The van der Waals surface area contributed by atoms with Gasteiger partial charge in [0.1, 0.15) is 0 Å². The first-order valence-electron chi connectivity index (χ1n) is 15.9. The maximum Gasteiger partial charge on any atom is 0.340 e. The highest BCUT2D eigenvalue weighted by atomic mass is 35.5. The molecule has 0 radical (unpaired) electrons. The summed E-state index contributed by atoms with van der Waals surface area (Å²) >= 11 is 7.48. The predicted octanol–water partition coefficient (Wildman–Crippen LogP) is 8.39. The number of piperidine rings is 1. The lowest BCUT2D eigenvalue weighted by molar-refractivity contribution is 0.0595. The Morgan fingerprint density at radius 2 is 1.53 bits per heavy atom. The largest absolute Gasteiger partial charge is 0.349 e. The zero-order valence-corrected chi connectivity index (χ0v) is 28.8. The third kappa shape index (κ3) is 6.53. The molecule has 0 spiro atoms. The number of Topliss-reactive ketones (excluding diaryl/α,β-unsaturated/α-hetero) is 1. The molecule has 0 aliphatic carbocycles. The van der Waals surface area contributed by atoms with Gasteiger partial charge in [0.2, 0.25) is 0 Å².